The van der Waals surface area contributed by atoms with Gasteiger partial charge in [0.15, 0.2) is 0 Å². The maximum atomic E-state index is 12.8. The average Bonchev–Trinajstić information content (AvgIpc) is 2.22. The van der Waals surface area contributed by atoms with E-state index in [9.17, 15) is 8.78 Å². The van der Waals surface area contributed by atoms with Gasteiger partial charge in [-0.05, 0) is 13.8 Å². The molecule has 0 aromatic carbocycles. The standard InChI is InChI=1S/C9H15F2NO/c1-7(2)12-4-8(5-12)3-9(10,11)6-13-8/h7H,3-6H2,1-2H3. The molecule has 0 amide bonds. The molecular formula is C9H15F2NO. The van der Waals surface area contributed by atoms with Crippen molar-refractivity contribution in [3.8, 4) is 0 Å². The third-order valence-corrected chi connectivity index (χ3v) is 2.88. The maximum absolute atomic E-state index is 12.8. The van der Waals surface area contributed by atoms with Gasteiger partial charge in [-0.15, -0.1) is 0 Å². The van der Waals surface area contributed by atoms with Gasteiger partial charge in [0.25, 0.3) is 5.92 Å². The van der Waals surface area contributed by atoms with Crippen LogP contribution in [0.1, 0.15) is 20.3 Å². The number of alkyl halides is 2. The van der Waals surface area contributed by atoms with Gasteiger partial charge in [0.05, 0.1) is 5.60 Å². The van der Waals surface area contributed by atoms with E-state index < -0.39 is 11.5 Å². The molecule has 2 saturated heterocycles. The summed E-state index contributed by atoms with van der Waals surface area (Å²) < 4.78 is 30.9. The predicted molar refractivity (Wildman–Crippen MR) is 45.0 cm³/mol. The monoisotopic (exact) mass is 191 g/mol. The Morgan fingerprint density at radius 2 is 1.92 bits per heavy atom. The van der Waals surface area contributed by atoms with E-state index in [1.165, 1.54) is 0 Å². The second-order valence-electron chi connectivity index (χ2n) is 4.50. The Morgan fingerprint density at radius 1 is 1.31 bits per heavy atom. The minimum Gasteiger partial charge on any atom is -0.366 e. The molecule has 0 aromatic heterocycles. The van der Waals surface area contributed by atoms with Crippen LogP contribution < -0.4 is 0 Å². The van der Waals surface area contributed by atoms with E-state index in [1.807, 2.05) is 0 Å². The molecular weight excluding hydrogens is 176 g/mol. The van der Waals surface area contributed by atoms with Crippen LogP contribution in [0, 0.1) is 0 Å². The van der Waals surface area contributed by atoms with Crippen LogP contribution in [0.3, 0.4) is 0 Å². The van der Waals surface area contributed by atoms with Crippen molar-refractivity contribution in [2.75, 3.05) is 19.7 Å². The number of rotatable bonds is 1. The van der Waals surface area contributed by atoms with E-state index in [-0.39, 0.29) is 13.0 Å². The Balaban J connectivity index is 1.91. The van der Waals surface area contributed by atoms with Gasteiger partial charge in [-0.1, -0.05) is 0 Å². The Hall–Kier alpha value is -0.220. The number of nitrogens with zero attached hydrogens (tertiary/aromatic N) is 1. The van der Waals surface area contributed by atoms with Gasteiger partial charge in [-0.2, -0.15) is 0 Å². The van der Waals surface area contributed by atoms with Crippen molar-refractivity contribution in [2.24, 2.45) is 0 Å². The Kier molecular flexibility index (Phi) is 1.90. The zero-order valence-electron chi connectivity index (χ0n) is 8.02. The lowest BCUT2D eigenvalue weighted by atomic mass is 9.89. The van der Waals surface area contributed by atoms with E-state index in [4.69, 9.17) is 4.74 Å². The summed E-state index contributed by atoms with van der Waals surface area (Å²) in [5, 5.41) is 0. The lowest BCUT2D eigenvalue weighted by Gasteiger charge is -2.49. The zero-order chi connectivity index (χ0) is 9.69. The van der Waals surface area contributed by atoms with E-state index in [2.05, 4.69) is 18.7 Å². The molecule has 1 spiro atoms. The van der Waals surface area contributed by atoms with Crippen molar-refractivity contribution in [3.63, 3.8) is 0 Å². The van der Waals surface area contributed by atoms with Crippen molar-refractivity contribution in [3.05, 3.63) is 0 Å². The molecule has 0 N–H and O–H groups in total. The third-order valence-electron chi connectivity index (χ3n) is 2.88. The summed E-state index contributed by atoms with van der Waals surface area (Å²) in [7, 11) is 0. The smallest absolute Gasteiger partial charge is 0.273 e. The number of halogens is 2. The molecule has 2 heterocycles. The van der Waals surface area contributed by atoms with E-state index in [1.54, 1.807) is 0 Å². The van der Waals surface area contributed by atoms with E-state index >= 15 is 0 Å². The first-order valence-electron chi connectivity index (χ1n) is 4.68. The lowest BCUT2D eigenvalue weighted by Crippen LogP contribution is -2.63. The molecule has 0 bridgehead atoms. The van der Waals surface area contributed by atoms with E-state index in [0.717, 1.165) is 0 Å². The topological polar surface area (TPSA) is 12.5 Å². The summed E-state index contributed by atoms with van der Waals surface area (Å²) in [6.07, 6.45) is -0.0940. The molecule has 2 rings (SSSR count). The van der Waals surface area contributed by atoms with Crippen molar-refractivity contribution in [1.82, 2.24) is 4.90 Å². The normalized spacial score (nSPS) is 31.2. The molecule has 76 valence electrons. The fourth-order valence-corrected chi connectivity index (χ4v) is 2.09. The molecule has 13 heavy (non-hydrogen) atoms. The summed E-state index contributed by atoms with van der Waals surface area (Å²) in [5.41, 5.74) is -0.520. The van der Waals surface area contributed by atoms with Crippen LogP contribution in [-0.2, 0) is 4.74 Å². The maximum Gasteiger partial charge on any atom is 0.273 e. The number of ether oxygens (including phenoxy) is 1. The van der Waals surface area contributed by atoms with Crippen LogP contribution in [0.5, 0.6) is 0 Å². The van der Waals surface area contributed by atoms with Crippen LogP contribution in [-0.4, -0.2) is 42.2 Å². The molecule has 0 saturated carbocycles. The van der Waals surface area contributed by atoms with Crippen LogP contribution in [0.4, 0.5) is 8.78 Å². The van der Waals surface area contributed by atoms with Gasteiger partial charge < -0.3 is 4.74 Å². The largest absolute Gasteiger partial charge is 0.366 e. The zero-order valence-corrected chi connectivity index (χ0v) is 8.02. The molecule has 0 unspecified atom stereocenters. The van der Waals surface area contributed by atoms with Crippen LogP contribution in [0.2, 0.25) is 0 Å². The molecule has 4 heteroatoms. The highest BCUT2D eigenvalue weighted by Gasteiger charge is 2.57. The van der Waals surface area contributed by atoms with Crippen LogP contribution >= 0.6 is 0 Å². The molecule has 2 nitrogen and oxygen atoms in total. The average molecular weight is 191 g/mol. The summed E-state index contributed by atoms with van der Waals surface area (Å²) in [6.45, 7) is 5.08. The fourth-order valence-electron chi connectivity index (χ4n) is 2.09. The molecule has 2 aliphatic heterocycles. The van der Waals surface area contributed by atoms with Gasteiger partial charge in [0.1, 0.15) is 6.61 Å². The highest BCUT2D eigenvalue weighted by atomic mass is 19.3. The quantitative estimate of drug-likeness (QED) is 0.623. The summed E-state index contributed by atoms with van der Waals surface area (Å²) in [5.74, 6) is -2.59. The van der Waals surface area contributed by atoms with Gasteiger partial charge in [-0.3, -0.25) is 4.90 Å². The molecule has 2 fully saturated rings. The second kappa shape index (κ2) is 2.64. The molecule has 0 atom stereocenters. The Bertz CT molecular complexity index is 212. The number of hydrogen-bond donors (Lipinski definition) is 0. The van der Waals surface area contributed by atoms with Gasteiger partial charge in [-0.25, -0.2) is 8.78 Å². The fraction of sp³-hybridized carbons (Fsp3) is 1.00. The van der Waals surface area contributed by atoms with Gasteiger partial charge in [0, 0.05) is 25.6 Å². The highest BCUT2D eigenvalue weighted by molar-refractivity contribution is 5.05. The first-order chi connectivity index (χ1) is 5.93. The van der Waals surface area contributed by atoms with E-state index in [0.29, 0.717) is 19.1 Å². The first-order valence-corrected chi connectivity index (χ1v) is 4.68. The first kappa shape index (κ1) is 9.34. The highest BCUT2D eigenvalue weighted by Crippen LogP contribution is 2.42. The molecule has 2 aliphatic rings. The Morgan fingerprint density at radius 3 is 2.31 bits per heavy atom. The second-order valence-corrected chi connectivity index (χ2v) is 4.50. The van der Waals surface area contributed by atoms with Crippen molar-refractivity contribution < 1.29 is 13.5 Å². The van der Waals surface area contributed by atoms with Crippen molar-refractivity contribution >= 4 is 0 Å². The molecule has 0 radical (unpaired) electrons. The minimum atomic E-state index is -2.59. The third kappa shape index (κ3) is 1.57. The Labute approximate surface area is 76.9 Å². The summed E-state index contributed by atoms with van der Waals surface area (Å²) in [4.78, 5) is 2.15. The lowest BCUT2D eigenvalue weighted by molar-refractivity contribution is -0.122. The summed E-state index contributed by atoms with van der Waals surface area (Å²) in [6, 6.07) is 0.434. The predicted octanol–water partition coefficient (Wildman–Crippen LogP) is 1.50. The van der Waals surface area contributed by atoms with Crippen LogP contribution in [0.25, 0.3) is 0 Å². The van der Waals surface area contributed by atoms with Crippen molar-refractivity contribution in [1.29, 1.82) is 0 Å². The minimum absolute atomic E-state index is 0.0940. The number of likely N-dealkylation sites (tertiary alicyclic amines) is 1. The van der Waals surface area contributed by atoms with Crippen LogP contribution in [0.15, 0.2) is 0 Å². The SMILES string of the molecule is CC(C)N1CC2(C1)CC(F)(F)CO2. The van der Waals surface area contributed by atoms with Crippen molar-refractivity contribution in [2.45, 2.75) is 37.8 Å². The van der Waals surface area contributed by atoms with Gasteiger partial charge in [0.2, 0.25) is 0 Å². The molecule has 0 aliphatic carbocycles. The summed E-state index contributed by atoms with van der Waals surface area (Å²) >= 11 is 0. The number of hydrogen-bond acceptors (Lipinski definition) is 2. The molecule has 0 aromatic rings. The van der Waals surface area contributed by atoms with Gasteiger partial charge >= 0.3 is 0 Å².